The van der Waals surface area contributed by atoms with Crippen LogP contribution in [0.15, 0.2) is 18.3 Å². The molecule has 0 atom stereocenters. The molecule has 0 unspecified atom stereocenters. The Morgan fingerprint density at radius 1 is 1.21 bits per heavy atom. The monoisotopic (exact) mass is 263 g/mol. The second-order valence-corrected chi connectivity index (χ2v) is 4.85. The van der Waals surface area contributed by atoms with E-state index < -0.39 is 11.4 Å². The lowest BCUT2D eigenvalue weighted by molar-refractivity contribution is -0.142. The van der Waals surface area contributed by atoms with Gasteiger partial charge in [0.25, 0.3) is 0 Å². The molecule has 2 aromatic rings. The number of hydrogen-bond acceptors (Lipinski definition) is 3. The number of fused-ring (bicyclic) bond motifs is 1. The van der Waals surface area contributed by atoms with Crippen LogP contribution in [0.2, 0.25) is 0 Å². The fraction of sp³-hybridized carbons (Fsp3) is 0.357. The molecule has 0 saturated heterocycles. The van der Waals surface area contributed by atoms with Crippen molar-refractivity contribution >= 4 is 16.9 Å². The molecule has 102 valence electrons. The first-order valence-electron chi connectivity index (χ1n) is 5.89. The van der Waals surface area contributed by atoms with E-state index in [1.165, 1.54) is 0 Å². The van der Waals surface area contributed by atoms with E-state index in [2.05, 4.69) is 4.98 Å². The van der Waals surface area contributed by atoms with Gasteiger partial charge in [-0.2, -0.15) is 0 Å². The smallest absolute Gasteiger partial charge is 0.313 e. The van der Waals surface area contributed by atoms with E-state index in [1.54, 1.807) is 46.4 Å². The molecule has 0 amide bonds. The summed E-state index contributed by atoms with van der Waals surface area (Å²) >= 11 is 0. The minimum Gasteiger partial charge on any atom is -0.496 e. The van der Waals surface area contributed by atoms with Crippen LogP contribution in [-0.2, 0) is 10.2 Å². The predicted molar refractivity (Wildman–Crippen MR) is 72.1 cm³/mol. The second kappa shape index (κ2) is 4.50. The number of carboxylic acid groups (broad SMARTS) is 1. The minimum absolute atomic E-state index is 0.626. The van der Waals surface area contributed by atoms with Gasteiger partial charge in [-0.1, -0.05) is 0 Å². The summed E-state index contributed by atoms with van der Waals surface area (Å²) in [5, 5.41) is 10.1. The van der Waals surface area contributed by atoms with Crippen LogP contribution in [0.4, 0.5) is 0 Å². The zero-order valence-corrected chi connectivity index (χ0v) is 11.4. The minimum atomic E-state index is -1.02. The maximum absolute atomic E-state index is 11.4. The summed E-state index contributed by atoms with van der Waals surface area (Å²) in [6.07, 6.45) is 1.70. The number of hydrogen-bond donors (Lipinski definition) is 2. The Bertz CT molecular complexity index is 628. The average molecular weight is 263 g/mol. The third-order valence-corrected chi connectivity index (χ3v) is 3.41. The first-order chi connectivity index (χ1) is 8.93. The Kier molecular flexibility index (Phi) is 3.14. The molecule has 0 spiro atoms. The molecule has 0 saturated carbocycles. The summed E-state index contributed by atoms with van der Waals surface area (Å²) in [5.41, 5.74) is 0.398. The number of rotatable bonds is 4. The summed E-state index contributed by atoms with van der Waals surface area (Å²) in [6, 6.07) is 3.56. The van der Waals surface area contributed by atoms with E-state index in [1.807, 2.05) is 0 Å². The van der Waals surface area contributed by atoms with Gasteiger partial charge in [-0.15, -0.1) is 0 Å². The number of carbonyl (C=O) groups is 1. The molecule has 1 aromatic carbocycles. The normalized spacial score (nSPS) is 11.6. The lowest BCUT2D eigenvalue weighted by Crippen LogP contribution is -2.28. The van der Waals surface area contributed by atoms with E-state index in [0.717, 1.165) is 10.9 Å². The lowest BCUT2D eigenvalue weighted by atomic mass is 9.84. The van der Waals surface area contributed by atoms with Crippen LogP contribution in [0, 0.1) is 0 Å². The molecule has 2 N–H and O–H groups in total. The van der Waals surface area contributed by atoms with Crippen LogP contribution in [0.3, 0.4) is 0 Å². The van der Waals surface area contributed by atoms with E-state index in [0.29, 0.717) is 17.1 Å². The van der Waals surface area contributed by atoms with Gasteiger partial charge in [-0.3, -0.25) is 4.79 Å². The standard InChI is InChI=1S/C14H17NO4/c1-14(2,13(16)17)8-7-15-12-10(19-4)6-5-9(18-3)11(8)12/h5-7,15H,1-4H3,(H,16,17). The molecule has 5 nitrogen and oxygen atoms in total. The number of H-pyrrole nitrogens is 1. The molecule has 0 fully saturated rings. The highest BCUT2D eigenvalue weighted by molar-refractivity contribution is 5.98. The van der Waals surface area contributed by atoms with Crippen molar-refractivity contribution in [3.63, 3.8) is 0 Å². The Morgan fingerprint density at radius 2 is 1.79 bits per heavy atom. The van der Waals surface area contributed by atoms with Gasteiger partial charge in [0.15, 0.2) is 0 Å². The van der Waals surface area contributed by atoms with Crippen LogP contribution in [0.5, 0.6) is 11.5 Å². The molecule has 0 aliphatic carbocycles. The van der Waals surface area contributed by atoms with Crippen molar-refractivity contribution in [1.82, 2.24) is 4.98 Å². The maximum atomic E-state index is 11.4. The molecule has 1 heterocycles. The maximum Gasteiger partial charge on any atom is 0.313 e. The molecule has 1 aromatic heterocycles. The quantitative estimate of drug-likeness (QED) is 0.889. The molecular weight excluding hydrogens is 246 g/mol. The third kappa shape index (κ3) is 1.91. The highest BCUT2D eigenvalue weighted by Gasteiger charge is 2.33. The van der Waals surface area contributed by atoms with Crippen molar-refractivity contribution < 1.29 is 19.4 Å². The lowest BCUT2D eigenvalue weighted by Gasteiger charge is -2.19. The molecule has 0 bridgehead atoms. The van der Waals surface area contributed by atoms with Gasteiger partial charge >= 0.3 is 5.97 Å². The van der Waals surface area contributed by atoms with Crippen molar-refractivity contribution in [3.05, 3.63) is 23.9 Å². The van der Waals surface area contributed by atoms with Gasteiger partial charge in [0.2, 0.25) is 0 Å². The molecule has 0 radical (unpaired) electrons. The van der Waals surface area contributed by atoms with Crippen LogP contribution < -0.4 is 9.47 Å². The SMILES string of the molecule is COc1ccc(OC)c2c(C(C)(C)C(=O)O)c[nH]c12. The second-order valence-electron chi connectivity index (χ2n) is 4.85. The first kappa shape index (κ1) is 13.3. The topological polar surface area (TPSA) is 71.6 Å². The molecule has 2 rings (SSSR count). The fourth-order valence-corrected chi connectivity index (χ4v) is 2.14. The molecule has 0 aliphatic rings. The number of aromatic nitrogens is 1. The summed E-state index contributed by atoms with van der Waals surface area (Å²) in [5.74, 6) is 0.392. The highest BCUT2D eigenvalue weighted by Crippen LogP contribution is 2.39. The molecule has 5 heteroatoms. The van der Waals surface area contributed by atoms with Gasteiger partial charge in [0.1, 0.15) is 11.5 Å². The van der Waals surface area contributed by atoms with Crippen LogP contribution in [0.25, 0.3) is 10.9 Å². The zero-order valence-electron chi connectivity index (χ0n) is 11.4. The van der Waals surface area contributed by atoms with Gasteiger partial charge < -0.3 is 19.6 Å². The van der Waals surface area contributed by atoms with E-state index in [4.69, 9.17) is 9.47 Å². The number of ether oxygens (including phenoxy) is 2. The number of methoxy groups -OCH3 is 2. The predicted octanol–water partition coefficient (Wildman–Crippen LogP) is 2.55. The van der Waals surface area contributed by atoms with Crippen molar-refractivity contribution in [1.29, 1.82) is 0 Å². The van der Waals surface area contributed by atoms with Crippen LogP contribution >= 0.6 is 0 Å². The number of nitrogens with one attached hydrogen (secondary N) is 1. The summed E-state index contributed by atoms with van der Waals surface area (Å²) in [4.78, 5) is 14.5. The summed E-state index contributed by atoms with van der Waals surface area (Å²) < 4.78 is 10.6. The van der Waals surface area contributed by atoms with Gasteiger partial charge in [0, 0.05) is 11.6 Å². The molecule has 19 heavy (non-hydrogen) atoms. The van der Waals surface area contributed by atoms with Crippen molar-refractivity contribution in [3.8, 4) is 11.5 Å². The van der Waals surface area contributed by atoms with Crippen molar-refractivity contribution in [2.75, 3.05) is 14.2 Å². The van der Waals surface area contributed by atoms with Gasteiger partial charge in [0.05, 0.1) is 25.2 Å². The largest absolute Gasteiger partial charge is 0.496 e. The Labute approximate surface area is 111 Å². The van der Waals surface area contributed by atoms with E-state index in [-0.39, 0.29) is 0 Å². The molecule has 0 aliphatic heterocycles. The van der Waals surface area contributed by atoms with Gasteiger partial charge in [-0.25, -0.2) is 0 Å². The fourth-order valence-electron chi connectivity index (χ4n) is 2.14. The average Bonchev–Trinajstić information content (AvgIpc) is 2.82. The Morgan fingerprint density at radius 3 is 2.32 bits per heavy atom. The highest BCUT2D eigenvalue weighted by atomic mass is 16.5. The van der Waals surface area contributed by atoms with Crippen molar-refractivity contribution in [2.24, 2.45) is 0 Å². The number of aliphatic carboxylic acids is 1. The van der Waals surface area contributed by atoms with Crippen LogP contribution in [0.1, 0.15) is 19.4 Å². The van der Waals surface area contributed by atoms with E-state index >= 15 is 0 Å². The van der Waals surface area contributed by atoms with Crippen LogP contribution in [-0.4, -0.2) is 30.3 Å². The Hall–Kier alpha value is -2.17. The number of carboxylic acids is 1. The van der Waals surface area contributed by atoms with Gasteiger partial charge in [-0.05, 0) is 31.5 Å². The summed E-state index contributed by atoms with van der Waals surface area (Å²) in [6.45, 7) is 3.33. The summed E-state index contributed by atoms with van der Waals surface area (Å²) in [7, 11) is 3.13. The number of benzene rings is 1. The zero-order chi connectivity index (χ0) is 14.2. The van der Waals surface area contributed by atoms with Crippen molar-refractivity contribution in [2.45, 2.75) is 19.3 Å². The first-order valence-corrected chi connectivity index (χ1v) is 5.89. The van der Waals surface area contributed by atoms with E-state index in [9.17, 15) is 9.90 Å². The Balaban J connectivity index is 2.81. The third-order valence-electron chi connectivity index (χ3n) is 3.41. The number of aromatic amines is 1. The molecular formula is C14H17NO4.